The van der Waals surface area contributed by atoms with Crippen molar-refractivity contribution < 1.29 is 18.3 Å². The number of ether oxygens (including phenoxy) is 1. The van der Waals surface area contributed by atoms with E-state index in [2.05, 4.69) is 9.97 Å². The van der Waals surface area contributed by atoms with Crippen LogP contribution < -0.4 is 4.74 Å². The Balaban J connectivity index is 1.40. The molecule has 4 nitrogen and oxygen atoms in total. The number of aromatic nitrogens is 2. The molecule has 2 heterocycles. The predicted molar refractivity (Wildman–Crippen MR) is 108 cm³/mol. The summed E-state index contributed by atoms with van der Waals surface area (Å²) in [6, 6.07) is 12.8. The van der Waals surface area contributed by atoms with Gasteiger partial charge in [-0.05, 0) is 54.3 Å². The molecule has 0 saturated heterocycles. The van der Waals surface area contributed by atoms with Crippen molar-refractivity contribution in [2.24, 2.45) is 0 Å². The van der Waals surface area contributed by atoms with Crippen molar-refractivity contribution in [1.29, 1.82) is 0 Å². The Kier molecular flexibility index (Phi) is 4.47. The first-order valence-corrected chi connectivity index (χ1v) is 9.56. The number of nitrogens with zero attached hydrogens (tertiary/aromatic N) is 2. The summed E-state index contributed by atoms with van der Waals surface area (Å²) in [6.45, 7) is 0.141. The van der Waals surface area contributed by atoms with Gasteiger partial charge in [0.05, 0.1) is 11.2 Å². The van der Waals surface area contributed by atoms with Gasteiger partial charge in [-0.1, -0.05) is 12.1 Å². The van der Waals surface area contributed by atoms with Crippen molar-refractivity contribution in [1.82, 2.24) is 9.97 Å². The zero-order valence-corrected chi connectivity index (χ0v) is 15.9. The van der Waals surface area contributed by atoms with Gasteiger partial charge in [0.2, 0.25) is 0 Å². The number of benzene rings is 2. The molecule has 2 aromatic heterocycles. The summed E-state index contributed by atoms with van der Waals surface area (Å²) in [4.78, 5) is 21.5. The van der Waals surface area contributed by atoms with E-state index in [0.29, 0.717) is 33.5 Å². The monoisotopic (exact) mass is 402 g/mol. The van der Waals surface area contributed by atoms with Crippen molar-refractivity contribution in [3.63, 3.8) is 0 Å². The molecule has 0 fully saturated rings. The smallest absolute Gasteiger partial charge is 0.193 e. The zero-order chi connectivity index (χ0) is 20.7. The average Bonchev–Trinajstić information content (AvgIpc) is 2.90. The Morgan fingerprint density at radius 2 is 1.73 bits per heavy atom. The lowest BCUT2D eigenvalue weighted by Gasteiger charge is -2.10. The minimum Gasteiger partial charge on any atom is -0.487 e. The van der Waals surface area contributed by atoms with Gasteiger partial charge in [-0.2, -0.15) is 0 Å². The largest absolute Gasteiger partial charge is 0.487 e. The third-order valence-corrected chi connectivity index (χ3v) is 5.31. The number of carbonyl (C=O) groups excluding carboxylic acids is 1. The Labute approximate surface area is 171 Å². The third kappa shape index (κ3) is 3.30. The van der Waals surface area contributed by atoms with Gasteiger partial charge in [-0.25, -0.2) is 13.8 Å². The van der Waals surface area contributed by atoms with E-state index in [4.69, 9.17) is 4.74 Å². The van der Waals surface area contributed by atoms with Crippen LogP contribution in [0.3, 0.4) is 0 Å². The highest BCUT2D eigenvalue weighted by Gasteiger charge is 2.21. The Morgan fingerprint density at radius 1 is 0.900 bits per heavy atom. The number of hydrogen-bond donors (Lipinski definition) is 0. The van der Waals surface area contributed by atoms with Gasteiger partial charge in [0.15, 0.2) is 17.4 Å². The fraction of sp³-hybridized carbons (Fsp3) is 0.125. The molecule has 2 aromatic carbocycles. The minimum atomic E-state index is -0.937. The fourth-order valence-corrected chi connectivity index (χ4v) is 3.73. The molecule has 0 bridgehead atoms. The second-order valence-electron chi connectivity index (χ2n) is 7.23. The lowest BCUT2D eigenvalue weighted by molar-refractivity contribution is 0.103. The summed E-state index contributed by atoms with van der Waals surface area (Å²) in [5, 5.41) is 0.515. The number of hydrogen-bond acceptors (Lipinski definition) is 4. The molecule has 4 aromatic rings. The van der Waals surface area contributed by atoms with E-state index in [1.54, 1.807) is 36.7 Å². The van der Waals surface area contributed by atoms with E-state index in [0.717, 1.165) is 36.1 Å². The van der Waals surface area contributed by atoms with Crippen LogP contribution in [-0.4, -0.2) is 15.8 Å². The summed E-state index contributed by atoms with van der Waals surface area (Å²) < 4.78 is 32.7. The predicted octanol–water partition coefficient (Wildman–Crippen LogP) is 4.82. The highest BCUT2D eigenvalue weighted by molar-refractivity contribution is 6.11. The Bertz CT molecular complexity index is 1300. The number of aryl methyl sites for hydroxylation is 2. The molecule has 1 aliphatic carbocycles. The van der Waals surface area contributed by atoms with Crippen molar-refractivity contribution in [3.05, 3.63) is 101 Å². The van der Waals surface area contributed by atoms with Crippen LogP contribution in [0.5, 0.6) is 5.75 Å². The van der Waals surface area contributed by atoms with E-state index in [1.807, 2.05) is 12.1 Å². The molecular formula is C24H16F2N2O2. The lowest BCUT2D eigenvalue weighted by atomic mass is 9.99. The van der Waals surface area contributed by atoms with E-state index in [-0.39, 0.29) is 12.4 Å². The normalized spacial score (nSPS) is 12.9. The van der Waals surface area contributed by atoms with Crippen LogP contribution in [0.25, 0.3) is 10.9 Å². The SMILES string of the molecule is O=C1c2ccncc2CCc2ccc(OCc3ccc4cc(F)c(F)cc4n3)cc21. The molecule has 0 radical (unpaired) electrons. The molecule has 0 unspecified atom stereocenters. The van der Waals surface area contributed by atoms with Crippen LogP contribution in [0, 0.1) is 11.6 Å². The summed E-state index contributed by atoms with van der Waals surface area (Å²) in [5.41, 5.74) is 4.16. The summed E-state index contributed by atoms with van der Waals surface area (Å²) >= 11 is 0. The molecular weight excluding hydrogens is 386 g/mol. The van der Waals surface area contributed by atoms with E-state index < -0.39 is 11.6 Å². The van der Waals surface area contributed by atoms with Crippen LogP contribution in [-0.2, 0) is 19.4 Å². The number of ketones is 1. The number of rotatable bonds is 3. The Hall–Kier alpha value is -3.67. The maximum Gasteiger partial charge on any atom is 0.193 e. The highest BCUT2D eigenvalue weighted by Crippen LogP contribution is 2.27. The molecule has 0 aliphatic heterocycles. The van der Waals surface area contributed by atoms with Crippen LogP contribution in [0.4, 0.5) is 8.78 Å². The molecule has 1 aliphatic rings. The third-order valence-electron chi connectivity index (χ3n) is 5.31. The average molecular weight is 402 g/mol. The van der Waals surface area contributed by atoms with Crippen LogP contribution >= 0.6 is 0 Å². The number of carbonyl (C=O) groups is 1. The van der Waals surface area contributed by atoms with Gasteiger partial charge in [0.1, 0.15) is 12.4 Å². The number of halogens is 2. The van der Waals surface area contributed by atoms with Gasteiger partial charge >= 0.3 is 0 Å². The van der Waals surface area contributed by atoms with Gasteiger partial charge in [0.25, 0.3) is 0 Å². The first kappa shape index (κ1) is 18.4. The van der Waals surface area contributed by atoms with Gasteiger partial charge in [-0.3, -0.25) is 9.78 Å². The van der Waals surface area contributed by atoms with Gasteiger partial charge in [-0.15, -0.1) is 0 Å². The van der Waals surface area contributed by atoms with E-state index in [1.165, 1.54) is 0 Å². The molecule has 0 saturated carbocycles. The molecule has 0 amide bonds. The van der Waals surface area contributed by atoms with Crippen molar-refractivity contribution in [2.75, 3.05) is 0 Å². The first-order chi connectivity index (χ1) is 14.6. The van der Waals surface area contributed by atoms with Gasteiger partial charge in [0, 0.05) is 35.0 Å². The van der Waals surface area contributed by atoms with Gasteiger partial charge < -0.3 is 4.74 Å². The quantitative estimate of drug-likeness (QED) is 0.493. The molecule has 0 atom stereocenters. The Morgan fingerprint density at radius 3 is 2.63 bits per heavy atom. The second-order valence-corrected chi connectivity index (χ2v) is 7.23. The summed E-state index contributed by atoms with van der Waals surface area (Å²) in [5.74, 6) is -1.33. The van der Waals surface area contributed by atoms with Crippen LogP contribution in [0.15, 0.2) is 60.9 Å². The summed E-state index contributed by atoms with van der Waals surface area (Å²) in [7, 11) is 0. The summed E-state index contributed by atoms with van der Waals surface area (Å²) in [6.07, 6.45) is 4.90. The first-order valence-electron chi connectivity index (χ1n) is 9.56. The standard InChI is InChI=1S/C24H16F2N2O2/c25-21-9-15-3-5-17(28-23(15)11-22(21)26)13-30-18-6-4-14-1-2-16-12-27-8-7-19(16)24(29)20(14)10-18/h3-12H,1-2,13H2. The zero-order valence-electron chi connectivity index (χ0n) is 15.9. The van der Waals surface area contributed by atoms with Crippen molar-refractivity contribution in [2.45, 2.75) is 19.4 Å². The minimum absolute atomic E-state index is 0.0355. The fourth-order valence-electron chi connectivity index (χ4n) is 3.73. The van der Waals surface area contributed by atoms with Crippen molar-refractivity contribution in [3.8, 4) is 5.75 Å². The molecule has 30 heavy (non-hydrogen) atoms. The molecule has 6 heteroatoms. The van der Waals surface area contributed by atoms with Crippen LogP contribution in [0.1, 0.15) is 32.7 Å². The lowest BCUT2D eigenvalue weighted by Crippen LogP contribution is -2.05. The molecule has 0 N–H and O–H groups in total. The molecule has 0 spiro atoms. The van der Waals surface area contributed by atoms with E-state index in [9.17, 15) is 13.6 Å². The number of pyridine rings is 2. The maximum atomic E-state index is 13.5. The second kappa shape index (κ2) is 7.30. The topological polar surface area (TPSA) is 52.1 Å². The highest BCUT2D eigenvalue weighted by atomic mass is 19.2. The molecule has 148 valence electrons. The molecule has 5 rings (SSSR count). The number of fused-ring (bicyclic) bond motifs is 3. The maximum absolute atomic E-state index is 13.5. The van der Waals surface area contributed by atoms with E-state index >= 15 is 0 Å². The van der Waals surface area contributed by atoms with Crippen LogP contribution in [0.2, 0.25) is 0 Å². The van der Waals surface area contributed by atoms with Crippen molar-refractivity contribution >= 4 is 16.7 Å².